The van der Waals surface area contributed by atoms with Crippen LogP contribution in [0.15, 0.2) is 36.5 Å². The van der Waals surface area contributed by atoms with E-state index >= 15 is 0 Å². The third-order valence-corrected chi connectivity index (χ3v) is 6.55. The number of hydrogen-bond donors (Lipinski definition) is 0. The Bertz CT molecular complexity index is 871. The summed E-state index contributed by atoms with van der Waals surface area (Å²) in [4.78, 5) is 44.0. The van der Waals surface area contributed by atoms with Gasteiger partial charge in [-0.05, 0) is 19.8 Å². The molecule has 1 saturated heterocycles. The number of likely N-dealkylation sites (tertiary alicyclic amines) is 1. The molecular weight excluding hydrogens is 376 g/mol. The fourth-order valence-electron chi connectivity index (χ4n) is 4.03. The Morgan fingerprint density at radius 3 is 2.46 bits per heavy atom. The van der Waals surface area contributed by atoms with Gasteiger partial charge in [-0.15, -0.1) is 11.3 Å². The number of benzene rings is 1. The Morgan fingerprint density at radius 2 is 1.82 bits per heavy atom. The highest BCUT2D eigenvalue weighted by atomic mass is 32.1. The van der Waals surface area contributed by atoms with Gasteiger partial charge in [-0.25, -0.2) is 9.78 Å². The number of ether oxygens (including phenoxy) is 1. The fraction of sp³-hybridized carbons (Fsp3) is 0.429. The van der Waals surface area contributed by atoms with Crippen LogP contribution in [-0.2, 0) is 25.7 Å². The molecule has 0 bridgehead atoms. The third-order valence-electron chi connectivity index (χ3n) is 5.53. The van der Waals surface area contributed by atoms with Gasteiger partial charge in [0, 0.05) is 11.8 Å². The maximum atomic E-state index is 12.6. The number of imide groups is 1. The number of carbonyl (C=O) groups excluding carboxylic acids is 3. The minimum atomic E-state index is -0.896. The molecule has 1 aromatic carbocycles. The van der Waals surface area contributed by atoms with Gasteiger partial charge in [0.15, 0.2) is 0 Å². The van der Waals surface area contributed by atoms with Crippen LogP contribution in [0.1, 0.15) is 37.5 Å². The molecule has 7 heteroatoms. The van der Waals surface area contributed by atoms with E-state index in [1.807, 2.05) is 30.3 Å². The van der Waals surface area contributed by atoms with Crippen molar-refractivity contribution in [2.24, 2.45) is 11.8 Å². The summed E-state index contributed by atoms with van der Waals surface area (Å²) in [5.74, 6) is -1.51. The number of aromatic nitrogens is 1. The van der Waals surface area contributed by atoms with Crippen molar-refractivity contribution < 1.29 is 19.1 Å². The maximum Gasteiger partial charge on any atom is 0.329 e. The van der Waals surface area contributed by atoms with Gasteiger partial charge in [0.2, 0.25) is 11.8 Å². The van der Waals surface area contributed by atoms with Crippen molar-refractivity contribution >= 4 is 29.1 Å². The van der Waals surface area contributed by atoms with E-state index in [4.69, 9.17) is 4.74 Å². The van der Waals surface area contributed by atoms with Crippen LogP contribution in [0.4, 0.5) is 0 Å². The SMILES string of the molecule is CC(C(=O)OCc1cnc(-c2ccccc2)s1)N1C(=O)C2CCCCC2C1=O. The van der Waals surface area contributed by atoms with Gasteiger partial charge in [0.05, 0.1) is 16.7 Å². The number of rotatable bonds is 5. The van der Waals surface area contributed by atoms with E-state index in [1.54, 1.807) is 13.1 Å². The molecule has 0 radical (unpaired) electrons. The molecule has 1 saturated carbocycles. The fourth-order valence-corrected chi connectivity index (χ4v) is 4.86. The summed E-state index contributed by atoms with van der Waals surface area (Å²) in [6, 6.07) is 8.88. The van der Waals surface area contributed by atoms with E-state index in [9.17, 15) is 14.4 Å². The van der Waals surface area contributed by atoms with Gasteiger partial charge >= 0.3 is 5.97 Å². The molecule has 2 amide bonds. The zero-order chi connectivity index (χ0) is 19.7. The molecule has 0 spiro atoms. The number of amides is 2. The lowest BCUT2D eigenvalue weighted by molar-refractivity contribution is -0.158. The highest BCUT2D eigenvalue weighted by Gasteiger charge is 2.51. The molecule has 3 atom stereocenters. The van der Waals surface area contributed by atoms with Crippen molar-refractivity contribution in [3.8, 4) is 10.6 Å². The Morgan fingerprint density at radius 1 is 1.18 bits per heavy atom. The molecule has 0 N–H and O–H groups in total. The van der Waals surface area contributed by atoms with Crippen molar-refractivity contribution in [1.29, 1.82) is 0 Å². The normalized spacial score (nSPS) is 22.8. The second-order valence-electron chi connectivity index (χ2n) is 7.33. The van der Waals surface area contributed by atoms with Crippen LogP contribution < -0.4 is 0 Å². The first-order valence-electron chi connectivity index (χ1n) is 9.60. The van der Waals surface area contributed by atoms with E-state index < -0.39 is 12.0 Å². The lowest BCUT2D eigenvalue weighted by Crippen LogP contribution is -2.44. The molecule has 2 fully saturated rings. The molecule has 28 heavy (non-hydrogen) atoms. The molecule has 1 aromatic heterocycles. The molecule has 2 aliphatic rings. The van der Waals surface area contributed by atoms with Gasteiger partial charge in [-0.1, -0.05) is 43.2 Å². The zero-order valence-electron chi connectivity index (χ0n) is 15.7. The lowest BCUT2D eigenvalue weighted by atomic mass is 9.81. The number of thiazole rings is 1. The Kier molecular flexibility index (Phi) is 5.26. The van der Waals surface area contributed by atoms with Crippen molar-refractivity contribution in [3.63, 3.8) is 0 Å². The molecule has 146 valence electrons. The maximum absolute atomic E-state index is 12.6. The predicted molar refractivity (Wildman–Crippen MR) is 104 cm³/mol. The highest BCUT2D eigenvalue weighted by molar-refractivity contribution is 7.15. The Labute approximate surface area is 167 Å². The molecule has 1 aliphatic carbocycles. The number of nitrogens with zero attached hydrogens (tertiary/aromatic N) is 2. The van der Waals surface area contributed by atoms with E-state index in [-0.39, 0.29) is 30.3 Å². The summed E-state index contributed by atoms with van der Waals surface area (Å²) in [5, 5.41) is 0.855. The highest BCUT2D eigenvalue weighted by Crippen LogP contribution is 2.39. The Balaban J connectivity index is 1.38. The second-order valence-corrected chi connectivity index (χ2v) is 8.44. The van der Waals surface area contributed by atoms with Crippen LogP contribution in [0.2, 0.25) is 0 Å². The summed E-state index contributed by atoms with van der Waals surface area (Å²) in [6.07, 6.45) is 5.07. The van der Waals surface area contributed by atoms with Crippen molar-refractivity contribution in [3.05, 3.63) is 41.4 Å². The van der Waals surface area contributed by atoms with Crippen molar-refractivity contribution in [2.45, 2.75) is 45.3 Å². The molecule has 2 aromatic rings. The summed E-state index contributed by atoms with van der Waals surface area (Å²) in [6.45, 7) is 1.65. The van der Waals surface area contributed by atoms with Gasteiger partial charge < -0.3 is 4.74 Å². The number of hydrogen-bond acceptors (Lipinski definition) is 6. The first kappa shape index (κ1) is 18.8. The average Bonchev–Trinajstić information content (AvgIpc) is 3.30. The van der Waals surface area contributed by atoms with E-state index in [2.05, 4.69) is 4.98 Å². The smallest absolute Gasteiger partial charge is 0.329 e. The first-order valence-corrected chi connectivity index (χ1v) is 10.4. The van der Waals surface area contributed by atoms with Crippen LogP contribution in [0.25, 0.3) is 10.6 Å². The molecule has 4 rings (SSSR count). The molecular formula is C21H22N2O4S. The quantitative estimate of drug-likeness (QED) is 0.570. The van der Waals surface area contributed by atoms with Crippen LogP contribution >= 0.6 is 11.3 Å². The third kappa shape index (κ3) is 3.46. The van der Waals surface area contributed by atoms with E-state index in [0.717, 1.165) is 46.0 Å². The Hall–Kier alpha value is -2.54. The second kappa shape index (κ2) is 7.83. The van der Waals surface area contributed by atoms with Gasteiger partial charge in [-0.3, -0.25) is 14.5 Å². The van der Waals surface area contributed by atoms with Crippen LogP contribution in [0, 0.1) is 11.8 Å². The largest absolute Gasteiger partial charge is 0.458 e. The molecule has 6 nitrogen and oxygen atoms in total. The minimum absolute atomic E-state index is 0.0801. The number of carbonyl (C=O) groups is 3. The summed E-state index contributed by atoms with van der Waals surface area (Å²) in [7, 11) is 0. The standard InChI is InChI=1S/C21H22N2O4S/c1-13(23-19(24)16-9-5-6-10-17(16)20(23)25)21(26)27-12-15-11-22-18(28-15)14-7-3-2-4-8-14/h2-4,7-8,11,13,16-17H,5-6,9-10,12H2,1H3. The minimum Gasteiger partial charge on any atom is -0.458 e. The summed E-state index contributed by atoms with van der Waals surface area (Å²) >= 11 is 1.45. The molecule has 1 aliphatic heterocycles. The van der Waals surface area contributed by atoms with E-state index in [1.165, 1.54) is 11.3 Å². The lowest BCUT2D eigenvalue weighted by Gasteiger charge is -2.21. The average molecular weight is 398 g/mol. The van der Waals surface area contributed by atoms with Crippen molar-refractivity contribution in [1.82, 2.24) is 9.88 Å². The number of esters is 1. The van der Waals surface area contributed by atoms with Crippen LogP contribution in [0.3, 0.4) is 0 Å². The first-order chi connectivity index (χ1) is 13.6. The van der Waals surface area contributed by atoms with E-state index in [0.29, 0.717) is 0 Å². The van der Waals surface area contributed by atoms with Gasteiger partial charge in [-0.2, -0.15) is 0 Å². The molecule has 2 heterocycles. The number of fused-ring (bicyclic) bond motifs is 1. The van der Waals surface area contributed by atoms with Crippen LogP contribution in [0.5, 0.6) is 0 Å². The van der Waals surface area contributed by atoms with Crippen molar-refractivity contribution in [2.75, 3.05) is 0 Å². The molecule has 3 unspecified atom stereocenters. The monoisotopic (exact) mass is 398 g/mol. The summed E-state index contributed by atoms with van der Waals surface area (Å²) in [5.41, 5.74) is 1.01. The zero-order valence-corrected chi connectivity index (χ0v) is 16.5. The summed E-state index contributed by atoms with van der Waals surface area (Å²) < 4.78 is 5.39. The van der Waals surface area contributed by atoms with Crippen LogP contribution in [-0.4, -0.2) is 33.7 Å². The van der Waals surface area contributed by atoms with Gasteiger partial charge in [0.1, 0.15) is 17.7 Å². The topological polar surface area (TPSA) is 76.6 Å². The predicted octanol–water partition coefficient (Wildman–Crippen LogP) is 3.42. The van der Waals surface area contributed by atoms with Gasteiger partial charge in [0.25, 0.3) is 0 Å².